The van der Waals surface area contributed by atoms with Crippen LogP contribution in [0.2, 0.25) is 5.02 Å². The predicted octanol–water partition coefficient (Wildman–Crippen LogP) is 6.30. The van der Waals surface area contributed by atoms with Crippen LogP contribution in [0.5, 0.6) is 0 Å². The first-order valence-electron chi connectivity index (χ1n) is 12.0. The predicted molar refractivity (Wildman–Crippen MR) is 154 cm³/mol. The molecule has 0 radical (unpaired) electrons. The maximum atomic E-state index is 12.1. The Morgan fingerprint density at radius 2 is 1.76 bits per heavy atom. The second-order valence-electron chi connectivity index (χ2n) is 9.43. The molecule has 0 aliphatic carbocycles. The summed E-state index contributed by atoms with van der Waals surface area (Å²) in [6.45, 7) is 5.44. The number of nitrogens with one attached hydrogen (secondary N) is 1. The van der Waals surface area contributed by atoms with Crippen LogP contribution in [0.1, 0.15) is 22.6 Å². The van der Waals surface area contributed by atoms with E-state index in [1.54, 1.807) is 29.5 Å². The van der Waals surface area contributed by atoms with Crippen LogP contribution in [-0.4, -0.2) is 46.6 Å². The van der Waals surface area contributed by atoms with Gasteiger partial charge in [0.15, 0.2) is 9.84 Å². The molecule has 3 aromatic heterocycles. The minimum atomic E-state index is -3.29. The molecule has 0 saturated heterocycles. The van der Waals surface area contributed by atoms with E-state index >= 15 is 0 Å². The van der Waals surface area contributed by atoms with Gasteiger partial charge < -0.3 is 0 Å². The summed E-state index contributed by atoms with van der Waals surface area (Å²) in [6.07, 6.45) is 1.22. The lowest BCUT2D eigenvalue weighted by Gasteiger charge is -2.15. The van der Waals surface area contributed by atoms with Gasteiger partial charge in [0, 0.05) is 35.5 Å². The van der Waals surface area contributed by atoms with E-state index in [0.29, 0.717) is 16.5 Å². The molecule has 2 aromatic carbocycles. The maximum absolute atomic E-state index is 12.1. The molecule has 0 amide bonds. The topological polar surface area (TPSA) is 83.9 Å². The second kappa shape index (κ2) is 10.5. The third kappa shape index (κ3) is 5.47. The molecule has 0 bridgehead atoms. The summed E-state index contributed by atoms with van der Waals surface area (Å²) < 4.78 is 26.0. The molecule has 38 heavy (non-hydrogen) atoms. The molecule has 0 atom stereocenters. The van der Waals surface area contributed by atoms with E-state index in [2.05, 4.69) is 28.2 Å². The fraction of sp³-hybridized carbons (Fsp3) is 0.214. The lowest BCUT2D eigenvalue weighted by Crippen LogP contribution is -2.18. The molecule has 7 nitrogen and oxygen atoms in total. The summed E-state index contributed by atoms with van der Waals surface area (Å²) >= 11 is 8.18. The fourth-order valence-electron chi connectivity index (χ4n) is 4.41. The number of rotatable bonds is 8. The molecule has 0 spiro atoms. The number of aryl methyl sites for hydroxylation is 2. The Balaban J connectivity index is 1.51. The molecule has 5 rings (SSSR count). The van der Waals surface area contributed by atoms with Gasteiger partial charge in [-0.15, -0.1) is 11.3 Å². The number of aromatic nitrogens is 4. The van der Waals surface area contributed by atoms with Gasteiger partial charge in [0.25, 0.3) is 0 Å². The monoisotopic (exact) mass is 565 g/mol. The lowest BCUT2D eigenvalue weighted by atomic mass is 10.2. The lowest BCUT2D eigenvalue weighted by molar-refractivity contribution is 0.313. The van der Waals surface area contributed by atoms with Gasteiger partial charge in [-0.05, 0) is 68.9 Å². The van der Waals surface area contributed by atoms with E-state index in [0.717, 1.165) is 50.3 Å². The van der Waals surface area contributed by atoms with Crippen molar-refractivity contribution in [1.82, 2.24) is 24.9 Å². The van der Waals surface area contributed by atoms with Crippen molar-refractivity contribution in [3.63, 3.8) is 0 Å². The van der Waals surface area contributed by atoms with Crippen LogP contribution in [0.15, 0.2) is 71.6 Å². The van der Waals surface area contributed by atoms with Crippen molar-refractivity contribution in [2.45, 2.75) is 31.8 Å². The number of halogens is 1. The third-order valence-electron chi connectivity index (χ3n) is 6.39. The molecule has 5 aromatic rings. The number of sulfone groups is 1. The van der Waals surface area contributed by atoms with Gasteiger partial charge in [-0.3, -0.25) is 10.00 Å². The highest BCUT2D eigenvalue weighted by atomic mass is 35.5. The first kappa shape index (κ1) is 26.4. The second-order valence-corrected chi connectivity index (χ2v) is 12.9. The van der Waals surface area contributed by atoms with Crippen molar-refractivity contribution in [2.24, 2.45) is 0 Å². The zero-order chi connectivity index (χ0) is 27.0. The van der Waals surface area contributed by atoms with Crippen molar-refractivity contribution in [3.05, 3.63) is 94.4 Å². The van der Waals surface area contributed by atoms with Crippen LogP contribution >= 0.6 is 22.9 Å². The average molecular weight is 566 g/mol. The van der Waals surface area contributed by atoms with Gasteiger partial charge in [-0.25, -0.2) is 13.1 Å². The summed E-state index contributed by atoms with van der Waals surface area (Å²) in [6, 6.07) is 20.8. The van der Waals surface area contributed by atoms with E-state index in [4.69, 9.17) is 16.7 Å². The van der Waals surface area contributed by atoms with Crippen molar-refractivity contribution in [3.8, 4) is 26.7 Å². The van der Waals surface area contributed by atoms with E-state index in [1.807, 2.05) is 61.0 Å². The van der Waals surface area contributed by atoms with Crippen molar-refractivity contribution in [1.29, 1.82) is 0 Å². The molecule has 0 unspecified atom stereocenters. The molecule has 0 saturated carbocycles. The number of nitrogens with zero attached hydrogens (tertiary/aromatic N) is 4. The molecule has 10 heteroatoms. The molecule has 1 N–H and O–H groups in total. The van der Waals surface area contributed by atoms with Gasteiger partial charge in [-0.1, -0.05) is 35.9 Å². The largest absolute Gasteiger partial charge is 0.296 e. The average Bonchev–Trinajstić information content (AvgIpc) is 3.60. The Labute approximate surface area is 231 Å². The molecule has 0 fully saturated rings. The summed E-state index contributed by atoms with van der Waals surface area (Å²) in [5.74, 6) is 0. The summed E-state index contributed by atoms with van der Waals surface area (Å²) in [7, 11) is -1.23. The molecule has 0 aliphatic heterocycles. The molecule has 196 valence electrons. The number of aromatic amines is 1. The van der Waals surface area contributed by atoms with E-state index in [1.165, 1.54) is 11.8 Å². The molecule has 0 aliphatic rings. The van der Waals surface area contributed by atoms with Gasteiger partial charge in [0.05, 0.1) is 37.6 Å². The van der Waals surface area contributed by atoms with Crippen LogP contribution in [0.3, 0.4) is 0 Å². The number of benzene rings is 2. The summed E-state index contributed by atoms with van der Waals surface area (Å²) in [4.78, 5) is 4.50. The van der Waals surface area contributed by atoms with Gasteiger partial charge >= 0.3 is 0 Å². The highest BCUT2D eigenvalue weighted by Gasteiger charge is 2.18. The first-order chi connectivity index (χ1) is 18.1. The number of hydrogen-bond acceptors (Lipinski definition) is 6. The van der Waals surface area contributed by atoms with Gasteiger partial charge in [0.1, 0.15) is 0 Å². The zero-order valence-corrected chi connectivity index (χ0v) is 24.0. The van der Waals surface area contributed by atoms with Crippen molar-refractivity contribution < 1.29 is 8.42 Å². The van der Waals surface area contributed by atoms with Gasteiger partial charge in [-0.2, -0.15) is 10.2 Å². The van der Waals surface area contributed by atoms with E-state index in [-0.39, 0.29) is 0 Å². The Hall–Kier alpha value is -3.24. The normalized spacial score (nSPS) is 11.9. The van der Waals surface area contributed by atoms with Crippen LogP contribution in [-0.2, 0) is 22.9 Å². The van der Waals surface area contributed by atoms with Crippen LogP contribution < -0.4 is 0 Å². The van der Waals surface area contributed by atoms with Crippen molar-refractivity contribution >= 4 is 32.8 Å². The molecular weight excluding hydrogens is 538 g/mol. The van der Waals surface area contributed by atoms with Crippen LogP contribution in [0.4, 0.5) is 0 Å². The Kier molecular flexibility index (Phi) is 7.28. The quantitative estimate of drug-likeness (QED) is 0.239. The minimum absolute atomic E-state index is 0.305. The van der Waals surface area contributed by atoms with Gasteiger partial charge in [0.2, 0.25) is 0 Å². The van der Waals surface area contributed by atoms with Crippen LogP contribution in [0.25, 0.3) is 26.7 Å². The maximum Gasteiger partial charge on any atom is 0.175 e. The SMILES string of the molecule is Cc1n[nH]c(C)c1CN(C)Cc1cc(-c2ccc(-c3cccc(S(C)(=O)=O)c3)s2)n(-c2ccccc2Cl)n1. The smallest absolute Gasteiger partial charge is 0.175 e. The summed E-state index contributed by atoms with van der Waals surface area (Å²) in [5.41, 5.74) is 6.76. The van der Waals surface area contributed by atoms with E-state index < -0.39 is 9.84 Å². The summed E-state index contributed by atoms with van der Waals surface area (Å²) in [5, 5.41) is 12.9. The number of H-pyrrole nitrogens is 1. The fourth-order valence-corrected chi connectivity index (χ4v) is 6.30. The number of thiophene rings is 1. The highest BCUT2D eigenvalue weighted by molar-refractivity contribution is 7.90. The zero-order valence-electron chi connectivity index (χ0n) is 21.6. The standard InChI is InChI=1S/C28H28ClN5O2S2/c1-18-23(19(2)31-30-18)17-33(3)16-21-15-26(34(32-21)25-11-6-5-10-24(25)29)28-13-12-27(37-28)20-8-7-9-22(14-20)38(4,35)36/h5-15H,16-17H2,1-4H3,(H,30,31). The number of hydrogen-bond donors (Lipinski definition) is 1. The van der Waals surface area contributed by atoms with E-state index in [9.17, 15) is 8.42 Å². The molecule has 3 heterocycles. The highest BCUT2D eigenvalue weighted by Crippen LogP contribution is 2.37. The minimum Gasteiger partial charge on any atom is -0.296 e. The number of para-hydroxylation sites is 1. The Morgan fingerprint density at radius 3 is 2.47 bits per heavy atom. The van der Waals surface area contributed by atoms with Crippen molar-refractivity contribution in [2.75, 3.05) is 13.3 Å². The Morgan fingerprint density at radius 1 is 1.00 bits per heavy atom. The Bertz CT molecular complexity index is 1700. The van der Waals surface area contributed by atoms with Crippen LogP contribution in [0, 0.1) is 13.8 Å². The third-order valence-corrected chi connectivity index (χ3v) is 8.97. The first-order valence-corrected chi connectivity index (χ1v) is 15.1. The molecular formula is C28H28ClN5O2S2.